The molecule has 3 rings (SSSR count). The summed E-state index contributed by atoms with van der Waals surface area (Å²) in [4.78, 5) is 27.2. The van der Waals surface area contributed by atoms with E-state index in [0.29, 0.717) is 18.5 Å². The minimum Gasteiger partial charge on any atom is -0.351 e. The fourth-order valence-corrected chi connectivity index (χ4v) is 3.42. The maximum Gasteiger partial charge on any atom is 0.239 e. The van der Waals surface area contributed by atoms with Crippen LogP contribution in [0, 0.1) is 11.7 Å². The standard InChI is InChI=1S/C20H20ClFN2O2/c21-15-10-14(11-16(22)12-15)13-23-19(25)18-8-4-5-9-24(20(18)26)17-6-2-1-3-7-17/h1-3,6-7,10-12,18H,4-5,8-9,13H2,(H,23,25). The molecular weight excluding hydrogens is 355 g/mol. The second kappa shape index (κ2) is 8.32. The summed E-state index contributed by atoms with van der Waals surface area (Å²) < 4.78 is 13.4. The number of carbonyl (C=O) groups is 2. The maximum atomic E-state index is 13.4. The molecule has 1 saturated heterocycles. The second-order valence-electron chi connectivity index (χ2n) is 6.37. The lowest BCUT2D eigenvalue weighted by Crippen LogP contribution is -2.42. The summed E-state index contributed by atoms with van der Waals surface area (Å²) in [6.45, 7) is 0.734. The van der Waals surface area contributed by atoms with E-state index in [1.807, 2.05) is 30.3 Å². The van der Waals surface area contributed by atoms with Crippen LogP contribution in [0.25, 0.3) is 0 Å². The van der Waals surface area contributed by atoms with E-state index < -0.39 is 11.7 Å². The Morgan fingerprint density at radius 3 is 2.69 bits per heavy atom. The molecule has 1 aliphatic rings. The third kappa shape index (κ3) is 4.41. The predicted molar refractivity (Wildman–Crippen MR) is 99.4 cm³/mol. The van der Waals surface area contributed by atoms with Crippen molar-refractivity contribution in [2.45, 2.75) is 25.8 Å². The summed E-state index contributed by atoms with van der Waals surface area (Å²) in [6.07, 6.45) is 2.17. The van der Waals surface area contributed by atoms with Crippen molar-refractivity contribution >= 4 is 29.1 Å². The number of para-hydroxylation sites is 1. The van der Waals surface area contributed by atoms with Crippen molar-refractivity contribution in [3.05, 3.63) is 64.9 Å². The smallest absolute Gasteiger partial charge is 0.239 e. The van der Waals surface area contributed by atoms with Crippen LogP contribution in [0.1, 0.15) is 24.8 Å². The van der Waals surface area contributed by atoms with Gasteiger partial charge in [0.2, 0.25) is 11.8 Å². The van der Waals surface area contributed by atoms with Gasteiger partial charge in [-0.15, -0.1) is 0 Å². The first-order valence-electron chi connectivity index (χ1n) is 8.64. The number of benzene rings is 2. The molecule has 136 valence electrons. The molecule has 0 saturated carbocycles. The number of halogens is 2. The largest absolute Gasteiger partial charge is 0.351 e. The third-order valence-electron chi connectivity index (χ3n) is 4.46. The van der Waals surface area contributed by atoms with E-state index in [0.717, 1.165) is 18.5 Å². The fraction of sp³-hybridized carbons (Fsp3) is 0.300. The predicted octanol–water partition coefficient (Wildman–Crippen LogP) is 3.93. The molecule has 2 amide bonds. The summed E-state index contributed by atoms with van der Waals surface area (Å²) >= 11 is 5.83. The van der Waals surface area contributed by atoms with Crippen molar-refractivity contribution in [3.63, 3.8) is 0 Å². The van der Waals surface area contributed by atoms with Crippen LogP contribution in [-0.4, -0.2) is 18.4 Å². The number of anilines is 1. The summed E-state index contributed by atoms with van der Waals surface area (Å²) in [5.41, 5.74) is 1.36. The Kier molecular flexibility index (Phi) is 5.89. The molecule has 1 unspecified atom stereocenters. The molecule has 0 aliphatic carbocycles. The molecule has 0 aromatic heterocycles. The minimum absolute atomic E-state index is 0.130. The lowest BCUT2D eigenvalue weighted by atomic mass is 10.0. The average molecular weight is 375 g/mol. The molecule has 2 aromatic rings. The Morgan fingerprint density at radius 1 is 1.19 bits per heavy atom. The zero-order valence-corrected chi connectivity index (χ0v) is 15.0. The van der Waals surface area contributed by atoms with E-state index in [9.17, 15) is 14.0 Å². The number of nitrogens with one attached hydrogen (secondary N) is 1. The highest BCUT2D eigenvalue weighted by molar-refractivity contribution is 6.30. The zero-order valence-electron chi connectivity index (χ0n) is 14.3. The first-order chi connectivity index (χ1) is 12.5. The molecule has 0 spiro atoms. The van der Waals surface area contributed by atoms with Crippen LogP contribution in [0.5, 0.6) is 0 Å². The van der Waals surface area contributed by atoms with Crippen LogP contribution < -0.4 is 10.2 Å². The van der Waals surface area contributed by atoms with Gasteiger partial charge in [-0.1, -0.05) is 36.2 Å². The number of nitrogens with zero attached hydrogens (tertiary/aromatic N) is 1. The van der Waals surface area contributed by atoms with E-state index in [1.54, 1.807) is 11.0 Å². The van der Waals surface area contributed by atoms with Gasteiger partial charge in [-0.25, -0.2) is 4.39 Å². The van der Waals surface area contributed by atoms with Crippen molar-refractivity contribution in [3.8, 4) is 0 Å². The van der Waals surface area contributed by atoms with Gasteiger partial charge in [0.1, 0.15) is 11.7 Å². The zero-order chi connectivity index (χ0) is 18.5. The molecule has 0 bridgehead atoms. The van der Waals surface area contributed by atoms with Crippen LogP contribution in [0.15, 0.2) is 48.5 Å². The Balaban J connectivity index is 1.70. The van der Waals surface area contributed by atoms with E-state index in [2.05, 4.69) is 5.32 Å². The highest BCUT2D eigenvalue weighted by atomic mass is 35.5. The van der Waals surface area contributed by atoms with Gasteiger partial charge in [0, 0.05) is 23.8 Å². The van der Waals surface area contributed by atoms with Gasteiger partial charge in [0.25, 0.3) is 0 Å². The van der Waals surface area contributed by atoms with Gasteiger partial charge >= 0.3 is 0 Å². The molecule has 4 nitrogen and oxygen atoms in total. The number of carbonyl (C=O) groups excluding carboxylic acids is 2. The van der Waals surface area contributed by atoms with E-state index in [1.165, 1.54) is 12.1 Å². The van der Waals surface area contributed by atoms with E-state index in [4.69, 9.17) is 11.6 Å². The fourth-order valence-electron chi connectivity index (χ4n) is 3.17. The van der Waals surface area contributed by atoms with Crippen molar-refractivity contribution in [2.75, 3.05) is 11.4 Å². The van der Waals surface area contributed by atoms with Crippen molar-refractivity contribution in [1.29, 1.82) is 0 Å². The lowest BCUT2D eigenvalue weighted by Gasteiger charge is -2.24. The van der Waals surface area contributed by atoms with Crippen molar-refractivity contribution < 1.29 is 14.0 Å². The van der Waals surface area contributed by atoms with Crippen LogP contribution in [-0.2, 0) is 16.1 Å². The molecule has 1 N–H and O–H groups in total. The number of hydrogen-bond donors (Lipinski definition) is 1. The van der Waals surface area contributed by atoms with Gasteiger partial charge in [-0.05, 0) is 48.7 Å². The molecule has 2 aromatic carbocycles. The Morgan fingerprint density at radius 2 is 1.96 bits per heavy atom. The minimum atomic E-state index is -0.735. The van der Waals surface area contributed by atoms with E-state index >= 15 is 0 Å². The van der Waals surface area contributed by atoms with Gasteiger partial charge in [0.05, 0.1) is 0 Å². The normalized spacial score (nSPS) is 17.7. The first kappa shape index (κ1) is 18.4. The summed E-state index contributed by atoms with van der Waals surface area (Å²) in [7, 11) is 0. The number of rotatable bonds is 4. The maximum absolute atomic E-state index is 13.4. The molecule has 1 fully saturated rings. The molecule has 26 heavy (non-hydrogen) atoms. The van der Waals surface area contributed by atoms with Gasteiger partial charge in [-0.3, -0.25) is 9.59 Å². The molecular formula is C20H20ClFN2O2. The quantitative estimate of drug-likeness (QED) is 0.824. The molecule has 6 heteroatoms. The molecule has 1 aliphatic heterocycles. The van der Waals surface area contributed by atoms with Gasteiger partial charge in [0.15, 0.2) is 0 Å². The monoisotopic (exact) mass is 374 g/mol. The summed E-state index contributed by atoms with van der Waals surface area (Å²) in [6, 6.07) is 13.5. The number of amides is 2. The Hall–Kier alpha value is -2.40. The van der Waals surface area contributed by atoms with Gasteiger partial charge in [-0.2, -0.15) is 0 Å². The van der Waals surface area contributed by atoms with Crippen LogP contribution in [0.4, 0.5) is 10.1 Å². The van der Waals surface area contributed by atoms with Crippen LogP contribution >= 0.6 is 11.6 Å². The average Bonchev–Trinajstić information content (AvgIpc) is 2.81. The second-order valence-corrected chi connectivity index (χ2v) is 6.81. The lowest BCUT2D eigenvalue weighted by molar-refractivity contribution is -0.133. The van der Waals surface area contributed by atoms with Crippen molar-refractivity contribution in [2.24, 2.45) is 5.92 Å². The molecule has 0 radical (unpaired) electrons. The highest BCUT2D eigenvalue weighted by Gasteiger charge is 2.33. The van der Waals surface area contributed by atoms with Crippen LogP contribution in [0.2, 0.25) is 5.02 Å². The van der Waals surface area contributed by atoms with E-state index in [-0.39, 0.29) is 23.4 Å². The molecule has 1 atom stereocenters. The number of hydrogen-bond acceptors (Lipinski definition) is 2. The first-order valence-corrected chi connectivity index (χ1v) is 9.01. The Bertz CT molecular complexity index is 777. The Labute approximate surface area is 157 Å². The summed E-state index contributed by atoms with van der Waals surface area (Å²) in [5, 5.41) is 3.01. The SMILES string of the molecule is O=C(NCc1cc(F)cc(Cl)c1)C1CCCCN(c2ccccc2)C1=O. The summed E-state index contributed by atoms with van der Waals surface area (Å²) in [5.74, 6) is -1.72. The van der Waals surface area contributed by atoms with Crippen molar-refractivity contribution in [1.82, 2.24) is 5.32 Å². The topological polar surface area (TPSA) is 49.4 Å². The van der Waals surface area contributed by atoms with Gasteiger partial charge < -0.3 is 10.2 Å². The molecule has 1 heterocycles. The highest BCUT2D eigenvalue weighted by Crippen LogP contribution is 2.24. The third-order valence-corrected chi connectivity index (χ3v) is 4.68. The van der Waals surface area contributed by atoms with Crippen LogP contribution in [0.3, 0.4) is 0 Å².